The van der Waals surface area contributed by atoms with Crippen molar-refractivity contribution in [3.05, 3.63) is 0 Å². The van der Waals surface area contributed by atoms with Gasteiger partial charge in [0.2, 0.25) is 0 Å². The largest absolute Gasteiger partial charge is 0.594 e. The van der Waals surface area contributed by atoms with Gasteiger partial charge in [-0.05, 0) is 0 Å². The van der Waals surface area contributed by atoms with Crippen LogP contribution >= 0.6 is 0 Å². The fraction of sp³-hybridized carbons (Fsp3) is 1.00. The first kappa shape index (κ1) is 45.0. The van der Waals surface area contributed by atoms with Gasteiger partial charge in [0.1, 0.15) is 0 Å². The van der Waals surface area contributed by atoms with Gasteiger partial charge in [-0.15, -0.1) is 0 Å². The maximum absolute atomic E-state index is 14.6. The lowest BCUT2D eigenvalue weighted by molar-refractivity contribution is -0.476. The van der Waals surface area contributed by atoms with E-state index in [1.54, 1.807) is 0 Å². The smallest absolute Gasteiger partial charge is 0.324 e. The normalized spacial score (nSPS) is 18.0. The average Bonchev–Trinajstić information content (AvgIpc) is 2.73. The first-order valence-corrected chi connectivity index (χ1v) is 11.1. The Hall–Kier alpha value is -2.00. The molecule has 0 spiro atoms. The molecule has 0 aromatic rings. The van der Waals surface area contributed by atoms with Crippen LogP contribution in [0.1, 0.15) is 0 Å². The Labute approximate surface area is 233 Å². The summed E-state index contributed by atoms with van der Waals surface area (Å²) in [7, 11) is -12.0. The van der Waals surface area contributed by atoms with E-state index >= 15 is 0 Å². The van der Waals surface area contributed by atoms with E-state index in [2.05, 4.69) is 0 Å². The van der Waals surface area contributed by atoms with Crippen LogP contribution in [-0.2, 0) is 13.3 Å². The zero-order valence-electron chi connectivity index (χ0n) is 19.6. The number of halogens is 30. The number of hydrogen-bond donors (Lipinski definition) is 0. The van der Waals surface area contributed by atoms with Crippen LogP contribution in [0.25, 0.3) is 0 Å². The van der Waals surface area contributed by atoms with Crippen molar-refractivity contribution in [2.75, 3.05) is 0 Å². The van der Waals surface area contributed by atoms with Crippen molar-refractivity contribution >= 4 is 8.80 Å². The summed E-state index contributed by atoms with van der Waals surface area (Å²) in [6.07, 6.45) is -60.7. The fourth-order valence-electron chi connectivity index (χ4n) is 2.14. The highest BCUT2D eigenvalue weighted by atomic mass is 28.4. The van der Waals surface area contributed by atoms with Crippen LogP contribution in [0.5, 0.6) is 0 Å². The Morgan fingerprint density at radius 1 is 0.255 bits per heavy atom. The minimum Gasteiger partial charge on any atom is -0.324 e. The minimum absolute atomic E-state index is 0.940. The van der Waals surface area contributed by atoms with Gasteiger partial charge in [0.15, 0.2) is 0 Å². The predicted molar refractivity (Wildman–Crippen MR) is 77.8 cm³/mol. The van der Waals surface area contributed by atoms with E-state index in [1.165, 1.54) is 0 Å². The lowest BCUT2D eigenvalue weighted by Crippen LogP contribution is -2.81. The van der Waals surface area contributed by atoms with Crippen molar-refractivity contribution in [3.63, 3.8) is 0 Å². The van der Waals surface area contributed by atoms with E-state index in [1.807, 2.05) is 0 Å². The standard InChI is InChI=1S/C13F30O3Si/c14-1(15,3(18,19)6(23,24)25)2(16,17)5(22,8(29,30)31)44-47(45-11(38,39)9(32,33)34,46-12(40,41)10(35,36)37)13(42,43)4(20,21)7(26,27)28. The third-order valence-corrected chi connectivity index (χ3v) is 7.19. The quantitative estimate of drug-likeness (QED) is 0.154. The minimum atomic E-state index is -12.0. The topological polar surface area (TPSA) is 27.7 Å². The maximum Gasteiger partial charge on any atom is 0.594 e. The van der Waals surface area contributed by atoms with Gasteiger partial charge in [0.25, 0.3) is 0 Å². The Morgan fingerprint density at radius 3 is 0.745 bits per heavy atom. The number of hydrogen-bond acceptors (Lipinski definition) is 3. The van der Waals surface area contributed by atoms with Crippen molar-refractivity contribution in [3.8, 4) is 0 Å². The SMILES string of the molecule is FC(F)(F)C(F)(F)O[Si](OC(F)(F)C(F)(F)F)(OC(F)(C(F)(F)F)C(F)(F)C(F)(F)C(F)(F)C(F)(F)F)C(F)(F)C(F)(F)C(F)(F)F. The van der Waals surface area contributed by atoms with Gasteiger partial charge < -0.3 is 13.3 Å². The Balaban J connectivity index is 8.82. The summed E-state index contributed by atoms with van der Waals surface area (Å²) in [6, 6.07) is 0. The molecule has 0 aromatic carbocycles. The number of alkyl halides is 30. The van der Waals surface area contributed by atoms with Crippen molar-refractivity contribution in [2.24, 2.45) is 0 Å². The molecule has 0 aliphatic carbocycles. The molecule has 0 heterocycles. The van der Waals surface area contributed by atoms with Crippen LogP contribution < -0.4 is 0 Å². The zero-order chi connectivity index (χ0) is 39.1. The van der Waals surface area contributed by atoms with E-state index in [4.69, 9.17) is 0 Å². The predicted octanol–water partition coefficient (Wildman–Crippen LogP) is 9.35. The summed E-state index contributed by atoms with van der Waals surface area (Å²) >= 11 is 0. The highest BCUT2D eigenvalue weighted by molar-refractivity contribution is 6.64. The molecule has 0 rings (SSSR count). The highest BCUT2D eigenvalue weighted by Crippen LogP contribution is 2.64. The Bertz CT molecular complexity index is 1080. The molecule has 1 unspecified atom stereocenters. The van der Waals surface area contributed by atoms with Crippen LogP contribution in [0.2, 0.25) is 0 Å². The molecule has 1 atom stereocenters. The maximum atomic E-state index is 14.6. The lowest BCUT2D eigenvalue weighted by atomic mass is 9.97. The van der Waals surface area contributed by atoms with Crippen molar-refractivity contribution in [1.82, 2.24) is 0 Å². The average molecular weight is 802 g/mol. The van der Waals surface area contributed by atoms with Crippen molar-refractivity contribution < 1.29 is 145 Å². The van der Waals surface area contributed by atoms with Gasteiger partial charge in [-0.2, -0.15) is 132 Å². The molecule has 0 aromatic heterocycles. The molecule has 34 heteroatoms. The molecule has 0 amide bonds. The van der Waals surface area contributed by atoms with Crippen LogP contribution in [0.3, 0.4) is 0 Å². The molecule has 284 valence electrons. The first-order valence-electron chi connectivity index (χ1n) is 9.39. The Kier molecular flexibility index (Phi) is 10.8. The van der Waals surface area contributed by atoms with E-state index in [9.17, 15) is 132 Å². The zero-order valence-corrected chi connectivity index (χ0v) is 20.6. The van der Waals surface area contributed by atoms with Crippen LogP contribution in [0, 0.1) is 0 Å². The van der Waals surface area contributed by atoms with Crippen LogP contribution in [0.15, 0.2) is 0 Å². The molecule has 0 radical (unpaired) electrons. The monoisotopic (exact) mass is 802 g/mol. The van der Waals surface area contributed by atoms with Gasteiger partial charge in [-0.1, -0.05) is 0 Å². The highest BCUT2D eigenvalue weighted by Gasteiger charge is 2.97. The van der Waals surface area contributed by atoms with E-state index < -0.39 is 87.0 Å². The molecule has 0 saturated carbocycles. The third kappa shape index (κ3) is 6.91. The molecule has 0 aliphatic rings. The summed E-state index contributed by atoms with van der Waals surface area (Å²) < 4.78 is 397. The molecule has 0 bridgehead atoms. The fourth-order valence-corrected chi connectivity index (χ4v) is 4.70. The van der Waals surface area contributed by atoms with Gasteiger partial charge >= 0.3 is 87.0 Å². The summed E-state index contributed by atoms with van der Waals surface area (Å²) in [5.74, 6) is -47.5. The molecule has 0 saturated heterocycles. The third-order valence-electron chi connectivity index (χ3n) is 4.51. The second kappa shape index (κ2) is 11.3. The van der Waals surface area contributed by atoms with Crippen LogP contribution in [0.4, 0.5) is 132 Å². The van der Waals surface area contributed by atoms with Crippen LogP contribution in [-0.4, -0.2) is 87.0 Å². The van der Waals surface area contributed by atoms with Crippen molar-refractivity contribution in [2.45, 2.75) is 78.2 Å². The number of rotatable bonds is 11. The molecular weight excluding hydrogens is 802 g/mol. The molecule has 0 aliphatic heterocycles. The second-order valence-corrected chi connectivity index (χ2v) is 10.2. The van der Waals surface area contributed by atoms with Gasteiger partial charge in [-0.3, -0.25) is 0 Å². The summed E-state index contributed by atoms with van der Waals surface area (Å²) in [4.78, 5) is 0. The lowest BCUT2D eigenvalue weighted by Gasteiger charge is -2.47. The summed E-state index contributed by atoms with van der Waals surface area (Å²) in [5.41, 5.74) is -9.65. The van der Waals surface area contributed by atoms with Gasteiger partial charge in [0.05, 0.1) is 0 Å². The van der Waals surface area contributed by atoms with E-state index in [0.29, 0.717) is 0 Å². The molecule has 3 nitrogen and oxygen atoms in total. The summed E-state index contributed by atoms with van der Waals surface area (Å²) in [6.45, 7) is 0. The van der Waals surface area contributed by atoms with E-state index in [0.717, 1.165) is 13.3 Å². The first-order chi connectivity index (χ1) is 19.6. The van der Waals surface area contributed by atoms with E-state index in [-0.39, 0.29) is 0 Å². The van der Waals surface area contributed by atoms with Gasteiger partial charge in [-0.25, -0.2) is 0 Å². The molecule has 0 fully saturated rings. The Morgan fingerprint density at radius 2 is 0.532 bits per heavy atom. The molecular formula is C13F30O3Si. The molecule has 0 N–H and O–H groups in total. The summed E-state index contributed by atoms with van der Waals surface area (Å²) in [5, 5.41) is 0. The second-order valence-electron chi connectivity index (χ2n) is 7.85. The molecule has 47 heavy (non-hydrogen) atoms. The van der Waals surface area contributed by atoms with Gasteiger partial charge in [0, 0.05) is 0 Å². The van der Waals surface area contributed by atoms with Crippen molar-refractivity contribution in [1.29, 1.82) is 0 Å².